The van der Waals surface area contributed by atoms with Crippen LogP contribution in [0.3, 0.4) is 0 Å². The van der Waals surface area contributed by atoms with Gasteiger partial charge in [-0.3, -0.25) is 0 Å². The molecule has 1 atom stereocenters. The quantitative estimate of drug-likeness (QED) is 0.723. The summed E-state index contributed by atoms with van der Waals surface area (Å²) in [6.45, 7) is 5.66. The lowest BCUT2D eigenvalue weighted by Gasteiger charge is -2.19. The molecule has 4 nitrogen and oxygen atoms in total. The van der Waals surface area contributed by atoms with Gasteiger partial charge in [-0.1, -0.05) is 6.92 Å². The Bertz CT molecular complexity index is 263. The van der Waals surface area contributed by atoms with E-state index >= 15 is 0 Å². The fourth-order valence-corrected chi connectivity index (χ4v) is 2.38. The number of nitrogens with zero attached hydrogens (tertiary/aromatic N) is 1. The highest BCUT2D eigenvalue weighted by molar-refractivity contribution is 8.12. The van der Waals surface area contributed by atoms with Gasteiger partial charge in [0.1, 0.15) is 0 Å². The van der Waals surface area contributed by atoms with Crippen molar-refractivity contribution in [1.29, 1.82) is 0 Å². The molecule has 1 rings (SSSR count). The molecule has 84 valence electrons. The van der Waals surface area contributed by atoms with E-state index in [2.05, 4.69) is 9.62 Å². The molecule has 0 aromatic rings. The maximum Gasteiger partial charge on any atom is 0.297 e. The van der Waals surface area contributed by atoms with Gasteiger partial charge in [0.05, 0.1) is 0 Å². The second-order valence-electron chi connectivity index (χ2n) is 3.90. The van der Waals surface area contributed by atoms with E-state index in [4.69, 9.17) is 10.7 Å². The van der Waals surface area contributed by atoms with Gasteiger partial charge in [0.25, 0.3) is 9.24 Å². The molecule has 0 aromatic carbocycles. The molecule has 1 aliphatic heterocycles. The summed E-state index contributed by atoms with van der Waals surface area (Å²) in [5, 5.41) is 0. The van der Waals surface area contributed by atoms with Crippen LogP contribution >= 0.6 is 10.7 Å². The SMILES string of the molecule is CC(CNS(=O)(=O)Cl)CN1CCCC1. The fraction of sp³-hybridized carbons (Fsp3) is 1.00. The van der Waals surface area contributed by atoms with Crippen LogP contribution in [0.15, 0.2) is 0 Å². The third-order valence-electron chi connectivity index (χ3n) is 2.37. The minimum atomic E-state index is -3.55. The van der Waals surface area contributed by atoms with Gasteiger partial charge in [-0.25, -0.2) is 4.72 Å². The highest BCUT2D eigenvalue weighted by Gasteiger charge is 2.15. The number of nitrogens with one attached hydrogen (secondary N) is 1. The molecule has 1 saturated heterocycles. The second kappa shape index (κ2) is 5.30. The molecule has 0 radical (unpaired) electrons. The monoisotopic (exact) mass is 240 g/mol. The zero-order chi connectivity index (χ0) is 10.6. The molecule has 1 N–H and O–H groups in total. The molecule has 14 heavy (non-hydrogen) atoms. The molecule has 0 amide bonds. The number of rotatable bonds is 5. The first kappa shape index (κ1) is 12.2. The summed E-state index contributed by atoms with van der Waals surface area (Å²) >= 11 is 0. The van der Waals surface area contributed by atoms with Crippen molar-refractivity contribution in [2.24, 2.45) is 5.92 Å². The standard InChI is InChI=1S/C8H17ClN2O2S/c1-8(6-10-14(9,12)13)7-11-4-2-3-5-11/h8,10H,2-7H2,1H3. The van der Waals surface area contributed by atoms with Crippen LogP contribution in [0.1, 0.15) is 19.8 Å². The average Bonchev–Trinajstić information content (AvgIpc) is 2.52. The van der Waals surface area contributed by atoms with Crippen molar-refractivity contribution in [3.8, 4) is 0 Å². The van der Waals surface area contributed by atoms with Gasteiger partial charge >= 0.3 is 0 Å². The lowest BCUT2D eigenvalue weighted by molar-refractivity contribution is 0.288. The maximum atomic E-state index is 10.6. The summed E-state index contributed by atoms with van der Waals surface area (Å²) in [7, 11) is 1.49. The van der Waals surface area contributed by atoms with Crippen molar-refractivity contribution in [2.75, 3.05) is 26.2 Å². The van der Waals surface area contributed by atoms with Gasteiger partial charge in [-0.05, 0) is 31.8 Å². The molecule has 6 heteroatoms. The molecule has 0 aromatic heterocycles. The van der Waals surface area contributed by atoms with E-state index < -0.39 is 9.24 Å². The van der Waals surface area contributed by atoms with Gasteiger partial charge in [0, 0.05) is 23.8 Å². The van der Waals surface area contributed by atoms with Crippen LogP contribution in [0.25, 0.3) is 0 Å². The first-order valence-electron chi connectivity index (χ1n) is 4.89. The Morgan fingerprint density at radius 2 is 2.00 bits per heavy atom. The van der Waals surface area contributed by atoms with Crippen LogP contribution in [0.4, 0.5) is 0 Å². The van der Waals surface area contributed by atoms with Crippen molar-refractivity contribution in [2.45, 2.75) is 19.8 Å². The molecule has 1 fully saturated rings. The Hall–Kier alpha value is 0.160. The van der Waals surface area contributed by atoms with E-state index in [1.165, 1.54) is 12.8 Å². The predicted octanol–water partition coefficient (Wildman–Crippen LogP) is 0.791. The van der Waals surface area contributed by atoms with Gasteiger partial charge in [-0.15, -0.1) is 0 Å². The molecule has 1 heterocycles. The molecular formula is C8H17ClN2O2S. The van der Waals surface area contributed by atoms with Crippen molar-refractivity contribution in [3.63, 3.8) is 0 Å². The van der Waals surface area contributed by atoms with Crippen LogP contribution in [-0.2, 0) is 9.24 Å². The number of halogens is 1. The van der Waals surface area contributed by atoms with Crippen molar-refractivity contribution in [1.82, 2.24) is 9.62 Å². The molecule has 0 saturated carbocycles. The van der Waals surface area contributed by atoms with Gasteiger partial charge < -0.3 is 4.90 Å². The van der Waals surface area contributed by atoms with Crippen LogP contribution in [0.2, 0.25) is 0 Å². The minimum Gasteiger partial charge on any atom is -0.303 e. The first-order valence-corrected chi connectivity index (χ1v) is 7.20. The lowest BCUT2D eigenvalue weighted by atomic mass is 10.2. The Morgan fingerprint density at radius 3 is 2.50 bits per heavy atom. The third kappa shape index (κ3) is 5.14. The Balaban J connectivity index is 2.18. The summed E-state index contributed by atoms with van der Waals surface area (Å²) < 4.78 is 23.5. The normalized spacial score (nSPS) is 21.3. The number of hydrogen-bond donors (Lipinski definition) is 1. The van der Waals surface area contributed by atoms with E-state index in [1.807, 2.05) is 6.92 Å². The number of likely N-dealkylation sites (tertiary alicyclic amines) is 1. The predicted molar refractivity (Wildman–Crippen MR) is 57.6 cm³/mol. The highest BCUT2D eigenvalue weighted by Crippen LogP contribution is 2.09. The van der Waals surface area contributed by atoms with Crippen LogP contribution in [0, 0.1) is 5.92 Å². The molecule has 1 unspecified atom stereocenters. The van der Waals surface area contributed by atoms with E-state index in [1.54, 1.807) is 0 Å². The molecular weight excluding hydrogens is 224 g/mol. The topological polar surface area (TPSA) is 49.4 Å². The Labute approximate surface area is 90.2 Å². The molecule has 1 aliphatic rings. The molecule has 0 aliphatic carbocycles. The van der Waals surface area contributed by atoms with Gasteiger partial charge in [0.2, 0.25) is 0 Å². The molecule has 0 spiro atoms. The van der Waals surface area contributed by atoms with Gasteiger partial charge in [0.15, 0.2) is 0 Å². The van der Waals surface area contributed by atoms with E-state index in [0.29, 0.717) is 12.5 Å². The summed E-state index contributed by atoms with van der Waals surface area (Å²) in [6, 6.07) is 0. The lowest BCUT2D eigenvalue weighted by Crippen LogP contribution is -2.32. The van der Waals surface area contributed by atoms with E-state index in [-0.39, 0.29) is 0 Å². The average molecular weight is 241 g/mol. The zero-order valence-electron chi connectivity index (χ0n) is 8.37. The fourth-order valence-electron chi connectivity index (χ4n) is 1.71. The van der Waals surface area contributed by atoms with Crippen molar-refractivity contribution < 1.29 is 8.42 Å². The number of hydrogen-bond acceptors (Lipinski definition) is 3. The summed E-state index contributed by atoms with van der Waals surface area (Å²) in [5.74, 6) is 0.307. The van der Waals surface area contributed by atoms with Crippen LogP contribution in [0.5, 0.6) is 0 Å². The molecule has 0 bridgehead atoms. The Morgan fingerprint density at radius 1 is 1.43 bits per heavy atom. The van der Waals surface area contributed by atoms with Gasteiger partial charge in [-0.2, -0.15) is 8.42 Å². The summed E-state index contributed by atoms with van der Waals surface area (Å²) in [6.07, 6.45) is 2.52. The van der Waals surface area contributed by atoms with E-state index in [9.17, 15) is 8.42 Å². The summed E-state index contributed by atoms with van der Waals surface area (Å²) in [4.78, 5) is 2.35. The largest absolute Gasteiger partial charge is 0.303 e. The third-order valence-corrected chi connectivity index (χ3v) is 3.21. The van der Waals surface area contributed by atoms with Crippen LogP contribution < -0.4 is 4.72 Å². The van der Waals surface area contributed by atoms with Crippen LogP contribution in [-0.4, -0.2) is 39.5 Å². The maximum absolute atomic E-state index is 10.6. The Kier molecular flexibility index (Phi) is 4.63. The first-order chi connectivity index (χ1) is 6.47. The highest BCUT2D eigenvalue weighted by atomic mass is 35.7. The van der Waals surface area contributed by atoms with E-state index in [0.717, 1.165) is 19.6 Å². The second-order valence-corrected chi connectivity index (χ2v) is 6.28. The van der Waals surface area contributed by atoms with Crippen molar-refractivity contribution in [3.05, 3.63) is 0 Å². The zero-order valence-corrected chi connectivity index (χ0v) is 9.94. The summed E-state index contributed by atoms with van der Waals surface area (Å²) in [5.41, 5.74) is 0. The smallest absolute Gasteiger partial charge is 0.297 e. The minimum absolute atomic E-state index is 0.307. The van der Waals surface area contributed by atoms with Crippen molar-refractivity contribution >= 4 is 19.9 Å².